The monoisotopic (exact) mass is 368 g/mol. The maximum absolute atomic E-state index is 11.4. The third-order valence-corrected chi connectivity index (χ3v) is 3.76. The summed E-state index contributed by atoms with van der Waals surface area (Å²) in [6.45, 7) is 2.19. The van der Waals surface area contributed by atoms with E-state index in [-0.39, 0.29) is 12.4 Å². The molecule has 0 radical (unpaired) electrons. The highest BCUT2D eigenvalue weighted by molar-refractivity contribution is 9.11. The maximum Gasteiger partial charge on any atom is 0.310 e. The van der Waals surface area contributed by atoms with Gasteiger partial charge in [0, 0.05) is 14.8 Å². The molecule has 0 unspecified atom stereocenters. The van der Waals surface area contributed by atoms with E-state index in [1.54, 1.807) is 6.92 Å². The molecule has 1 rings (SSSR count). The molecule has 1 aromatic rings. The average molecular weight is 370 g/mol. The maximum atomic E-state index is 11.4. The Morgan fingerprint density at radius 1 is 1.31 bits per heavy atom. The van der Waals surface area contributed by atoms with Crippen molar-refractivity contribution in [2.24, 2.45) is 0 Å². The van der Waals surface area contributed by atoms with Crippen molar-refractivity contribution in [3.8, 4) is 0 Å². The minimum Gasteiger partial charge on any atom is -0.466 e. The molecule has 0 saturated carbocycles. The quantitative estimate of drug-likeness (QED) is 0.590. The fourth-order valence-electron chi connectivity index (χ4n) is 1.25. The Bertz CT molecular complexity index is 394. The van der Waals surface area contributed by atoms with Gasteiger partial charge in [-0.2, -0.15) is 0 Å². The van der Waals surface area contributed by atoms with Crippen molar-refractivity contribution in [2.75, 3.05) is 6.61 Å². The second-order valence-corrected chi connectivity index (χ2v) is 5.13. The highest BCUT2D eigenvalue weighted by Crippen LogP contribution is 2.27. The summed E-state index contributed by atoms with van der Waals surface area (Å²) in [5.41, 5.74) is 1.85. The highest BCUT2D eigenvalue weighted by Gasteiger charge is 2.10. The van der Waals surface area contributed by atoms with Crippen molar-refractivity contribution in [3.63, 3.8) is 0 Å². The van der Waals surface area contributed by atoms with Crippen molar-refractivity contribution in [3.05, 3.63) is 32.2 Å². The molecule has 0 aliphatic carbocycles. The van der Waals surface area contributed by atoms with Crippen LogP contribution in [0.15, 0.2) is 21.1 Å². The summed E-state index contributed by atoms with van der Waals surface area (Å²) >= 11 is 12.6. The first-order valence-corrected chi connectivity index (χ1v) is 6.89. The Hall–Kier alpha value is -0.0600. The summed E-state index contributed by atoms with van der Waals surface area (Å²) in [6.07, 6.45) is 0.256. The van der Waals surface area contributed by atoms with Crippen LogP contribution in [-0.4, -0.2) is 12.6 Å². The molecule has 0 amide bonds. The van der Waals surface area contributed by atoms with E-state index in [0.29, 0.717) is 12.5 Å². The van der Waals surface area contributed by atoms with Crippen molar-refractivity contribution in [2.45, 2.75) is 19.2 Å². The molecule has 0 fully saturated rings. The van der Waals surface area contributed by atoms with E-state index in [2.05, 4.69) is 31.9 Å². The normalized spacial score (nSPS) is 10.2. The van der Waals surface area contributed by atoms with Gasteiger partial charge in [0.05, 0.1) is 13.0 Å². The lowest BCUT2D eigenvalue weighted by Crippen LogP contribution is -2.08. The topological polar surface area (TPSA) is 26.3 Å². The Labute approximate surface area is 117 Å². The smallest absolute Gasteiger partial charge is 0.310 e. The van der Waals surface area contributed by atoms with Gasteiger partial charge in [-0.15, -0.1) is 11.6 Å². The number of carbonyl (C=O) groups excluding carboxylic acids is 1. The third kappa shape index (κ3) is 3.75. The molecule has 0 saturated heterocycles. The van der Waals surface area contributed by atoms with Crippen LogP contribution in [0.3, 0.4) is 0 Å². The van der Waals surface area contributed by atoms with Crippen LogP contribution >= 0.6 is 43.5 Å². The lowest BCUT2D eigenvalue weighted by Gasteiger charge is -2.08. The van der Waals surface area contributed by atoms with E-state index >= 15 is 0 Å². The molecule has 0 aliphatic heterocycles. The molecule has 0 heterocycles. The number of rotatable bonds is 4. The van der Waals surface area contributed by atoms with Gasteiger partial charge in [-0.3, -0.25) is 4.79 Å². The summed E-state index contributed by atoms with van der Waals surface area (Å²) < 4.78 is 6.71. The molecule has 0 aromatic heterocycles. The summed E-state index contributed by atoms with van der Waals surface area (Å²) in [5.74, 6) is 0.176. The SMILES string of the molecule is CCOC(=O)Cc1cc(CCl)c(Br)cc1Br. The highest BCUT2D eigenvalue weighted by atomic mass is 79.9. The number of alkyl halides is 1. The first-order valence-electron chi connectivity index (χ1n) is 4.76. The number of ether oxygens (including phenoxy) is 1. The van der Waals surface area contributed by atoms with Gasteiger partial charge in [0.25, 0.3) is 0 Å². The summed E-state index contributed by atoms with van der Waals surface area (Å²) in [4.78, 5) is 11.4. The fourth-order valence-corrected chi connectivity index (χ4v) is 2.91. The predicted molar refractivity (Wildman–Crippen MR) is 71.7 cm³/mol. The van der Waals surface area contributed by atoms with Crippen LogP contribution in [0.2, 0.25) is 0 Å². The molecule has 0 N–H and O–H groups in total. The van der Waals surface area contributed by atoms with Crippen LogP contribution in [0.4, 0.5) is 0 Å². The molecule has 88 valence electrons. The van der Waals surface area contributed by atoms with Gasteiger partial charge in [0.1, 0.15) is 0 Å². The Kier molecular flexibility index (Phi) is 5.79. The minimum absolute atomic E-state index is 0.231. The summed E-state index contributed by atoms with van der Waals surface area (Å²) in [7, 11) is 0. The van der Waals surface area contributed by atoms with E-state index in [9.17, 15) is 4.79 Å². The standard InChI is InChI=1S/C11H11Br2ClO2/c1-2-16-11(15)4-7-3-8(6-14)10(13)5-9(7)12/h3,5H,2,4,6H2,1H3. The van der Waals surface area contributed by atoms with Gasteiger partial charge in [0.2, 0.25) is 0 Å². The average Bonchev–Trinajstić information content (AvgIpc) is 2.22. The van der Waals surface area contributed by atoms with Gasteiger partial charge in [-0.05, 0) is 24.1 Å². The summed E-state index contributed by atoms with van der Waals surface area (Å²) in [6, 6.07) is 3.80. The number of halogens is 3. The molecule has 0 aliphatic rings. The molecular weight excluding hydrogens is 359 g/mol. The lowest BCUT2D eigenvalue weighted by molar-refractivity contribution is -0.142. The molecule has 1 aromatic carbocycles. The van der Waals surface area contributed by atoms with Crippen LogP contribution < -0.4 is 0 Å². The van der Waals surface area contributed by atoms with Gasteiger partial charge >= 0.3 is 5.97 Å². The zero-order valence-corrected chi connectivity index (χ0v) is 12.7. The van der Waals surface area contributed by atoms with Crippen LogP contribution in [0.1, 0.15) is 18.1 Å². The zero-order chi connectivity index (χ0) is 12.1. The molecule has 0 spiro atoms. The Morgan fingerprint density at radius 2 is 1.94 bits per heavy atom. The first kappa shape index (κ1) is 14.0. The van der Waals surface area contributed by atoms with E-state index in [0.717, 1.165) is 20.1 Å². The molecule has 0 bridgehead atoms. The molecule has 2 nitrogen and oxygen atoms in total. The largest absolute Gasteiger partial charge is 0.466 e. The van der Waals surface area contributed by atoms with E-state index in [1.165, 1.54) is 0 Å². The predicted octanol–water partition coefficient (Wildman–Crippen LogP) is 4.06. The van der Waals surface area contributed by atoms with Crippen LogP contribution in [0.25, 0.3) is 0 Å². The number of hydrogen-bond donors (Lipinski definition) is 0. The zero-order valence-electron chi connectivity index (χ0n) is 8.73. The number of carbonyl (C=O) groups is 1. The minimum atomic E-state index is -0.231. The summed E-state index contributed by atoms with van der Waals surface area (Å²) in [5, 5.41) is 0. The Morgan fingerprint density at radius 3 is 2.50 bits per heavy atom. The van der Waals surface area contributed by atoms with Crippen LogP contribution in [0.5, 0.6) is 0 Å². The number of benzene rings is 1. The molecule has 0 atom stereocenters. The third-order valence-electron chi connectivity index (χ3n) is 2.00. The van der Waals surface area contributed by atoms with E-state index in [1.807, 2.05) is 12.1 Å². The number of hydrogen-bond acceptors (Lipinski definition) is 2. The van der Waals surface area contributed by atoms with Crippen molar-refractivity contribution in [1.29, 1.82) is 0 Å². The van der Waals surface area contributed by atoms with E-state index < -0.39 is 0 Å². The molecule has 5 heteroatoms. The second-order valence-electron chi connectivity index (χ2n) is 3.15. The van der Waals surface area contributed by atoms with Crippen molar-refractivity contribution in [1.82, 2.24) is 0 Å². The van der Waals surface area contributed by atoms with Crippen LogP contribution in [0, 0.1) is 0 Å². The lowest BCUT2D eigenvalue weighted by atomic mass is 10.1. The van der Waals surface area contributed by atoms with E-state index in [4.69, 9.17) is 16.3 Å². The fraction of sp³-hybridized carbons (Fsp3) is 0.364. The van der Waals surface area contributed by atoms with Gasteiger partial charge < -0.3 is 4.74 Å². The molecule has 16 heavy (non-hydrogen) atoms. The Balaban J connectivity index is 2.91. The van der Waals surface area contributed by atoms with Gasteiger partial charge in [-0.1, -0.05) is 37.9 Å². The van der Waals surface area contributed by atoms with Gasteiger partial charge in [-0.25, -0.2) is 0 Å². The molecular formula is C11H11Br2ClO2. The van der Waals surface area contributed by atoms with Crippen molar-refractivity contribution >= 4 is 49.4 Å². The van der Waals surface area contributed by atoms with Gasteiger partial charge in [0.15, 0.2) is 0 Å². The van der Waals surface area contributed by atoms with Crippen molar-refractivity contribution < 1.29 is 9.53 Å². The first-order chi connectivity index (χ1) is 7.58. The number of esters is 1. The van der Waals surface area contributed by atoms with Crippen LogP contribution in [-0.2, 0) is 21.8 Å². The second kappa shape index (κ2) is 6.62.